The normalized spacial score (nSPS) is 47.7. The minimum Gasteiger partial charge on any atom is -0.481 e. The van der Waals surface area contributed by atoms with Gasteiger partial charge in [0, 0.05) is 24.2 Å². The molecule has 10 unspecified atom stereocenters. The minimum absolute atomic E-state index is 0.00795. The Kier molecular flexibility index (Phi) is 6.16. The van der Waals surface area contributed by atoms with Crippen LogP contribution in [0.3, 0.4) is 0 Å². The minimum atomic E-state index is -1.58. The van der Waals surface area contributed by atoms with E-state index in [1.807, 2.05) is 6.92 Å². The zero-order valence-electron chi connectivity index (χ0n) is 14.9. The van der Waals surface area contributed by atoms with Crippen molar-refractivity contribution in [1.82, 2.24) is 0 Å². The Bertz CT molecular complexity index is 566. The summed E-state index contributed by atoms with van der Waals surface area (Å²) in [6.07, 6.45) is -7.99. The second kappa shape index (κ2) is 8.08. The van der Waals surface area contributed by atoms with Crippen molar-refractivity contribution in [3.05, 3.63) is 0 Å². The fraction of sp³-hybridized carbons (Fsp3) is 0.882. The van der Waals surface area contributed by atoms with Gasteiger partial charge in [-0.1, -0.05) is 6.92 Å². The summed E-state index contributed by atoms with van der Waals surface area (Å²) in [4.78, 5) is 23.5. The molecule has 1 saturated carbocycles. The second-order valence-corrected chi connectivity index (χ2v) is 7.64. The Morgan fingerprint density at radius 2 is 1.89 bits per heavy atom. The number of ether oxygens (including phenoxy) is 3. The van der Waals surface area contributed by atoms with Crippen molar-refractivity contribution in [1.29, 1.82) is 0 Å². The third-order valence-corrected chi connectivity index (χ3v) is 5.82. The van der Waals surface area contributed by atoms with Gasteiger partial charge in [0.05, 0.1) is 19.6 Å². The lowest BCUT2D eigenvalue weighted by atomic mass is 9.77. The van der Waals surface area contributed by atoms with Crippen molar-refractivity contribution in [2.75, 3.05) is 13.2 Å². The van der Waals surface area contributed by atoms with Crippen LogP contribution in [0.1, 0.15) is 19.8 Å². The summed E-state index contributed by atoms with van der Waals surface area (Å²) in [6, 6.07) is 0. The molecule has 0 amide bonds. The number of aliphatic carboxylic acids is 1. The lowest BCUT2D eigenvalue weighted by Gasteiger charge is -2.44. The number of carboxylic acid groups (broad SMARTS) is 1. The first-order valence-corrected chi connectivity index (χ1v) is 9.06. The van der Waals surface area contributed by atoms with Crippen LogP contribution in [0.25, 0.3) is 0 Å². The highest BCUT2D eigenvalue weighted by Crippen LogP contribution is 2.46. The van der Waals surface area contributed by atoms with Crippen molar-refractivity contribution < 1.29 is 49.3 Å². The summed E-state index contributed by atoms with van der Waals surface area (Å²) in [6.45, 7) is 1.27. The van der Waals surface area contributed by atoms with Gasteiger partial charge in [-0.2, -0.15) is 0 Å². The van der Waals surface area contributed by atoms with E-state index in [0.29, 0.717) is 0 Å². The molecule has 2 heterocycles. The van der Waals surface area contributed by atoms with Gasteiger partial charge in [-0.15, -0.1) is 0 Å². The highest BCUT2D eigenvalue weighted by Gasteiger charge is 2.54. The predicted molar refractivity (Wildman–Crippen MR) is 86.1 cm³/mol. The zero-order chi connectivity index (χ0) is 19.9. The van der Waals surface area contributed by atoms with E-state index >= 15 is 0 Å². The van der Waals surface area contributed by atoms with Gasteiger partial charge < -0.3 is 39.7 Å². The molecule has 5 N–H and O–H groups in total. The van der Waals surface area contributed by atoms with Crippen molar-refractivity contribution >= 4 is 11.8 Å². The van der Waals surface area contributed by atoms with E-state index in [4.69, 9.17) is 19.3 Å². The molecule has 10 nitrogen and oxygen atoms in total. The molecule has 154 valence electrons. The lowest BCUT2D eigenvalue weighted by molar-refractivity contribution is -0.355. The summed E-state index contributed by atoms with van der Waals surface area (Å²) < 4.78 is 16.7. The zero-order valence-corrected chi connectivity index (χ0v) is 14.9. The maximum Gasteiger partial charge on any atom is 0.303 e. The quantitative estimate of drug-likeness (QED) is 0.358. The third kappa shape index (κ3) is 3.88. The molecular formula is C17H26O10. The Hall–Kier alpha value is -1.14. The van der Waals surface area contributed by atoms with E-state index in [1.54, 1.807) is 0 Å². The van der Waals surface area contributed by atoms with Gasteiger partial charge in [-0.25, -0.2) is 0 Å². The molecule has 0 spiro atoms. The fourth-order valence-corrected chi connectivity index (χ4v) is 4.46. The summed E-state index contributed by atoms with van der Waals surface area (Å²) in [7, 11) is 0. The fourth-order valence-electron chi connectivity index (χ4n) is 4.46. The SMILES string of the molecule is CC1CC(=O)C2C(CC(=O)O)COC(OC3OC(CO)C(O)C(O)C3O)C12. The summed E-state index contributed by atoms with van der Waals surface area (Å²) in [5, 5.41) is 48.2. The van der Waals surface area contributed by atoms with Crippen LogP contribution >= 0.6 is 0 Å². The number of carbonyl (C=O) groups excluding carboxylic acids is 1. The van der Waals surface area contributed by atoms with Crippen molar-refractivity contribution in [3.63, 3.8) is 0 Å². The van der Waals surface area contributed by atoms with E-state index in [2.05, 4.69) is 0 Å². The first-order valence-electron chi connectivity index (χ1n) is 9.06. The van der Waals surface area contributed by atoms with Crippen molar-refractivity contribution in [3.8, 4) is 0 Å². The molecule has 0 bridgehead atoms. The van der Waals surface area contributed by atoms with Gasteiger partial charge in [0.15, 0.2) is 12.6 Å². The summed E-state index contributed by atoms with van der Waals surface area (Å²) in [5.41, 5.74) is 0. The predicted octanol–water partition coefficient (Wildman–Crippen LogP) is -1.91. The average Bonchev–Trinajstić information content (AvgIpc) is 2.92. The molecule has 3 aliphatic rings. The van der Waals surface area contributed by atoms with Gasteiger partial charge in [0.1, 0.15) is 30.2 Å². The van der Waals surface area contributed by atoms with Crippen LogP contribution < -0.4 is 0 Å². The lowest BCUT2D eigenvalue weighted by Crippen LogP contribution is -2.60. The van der Waals surface area contributed by atoms with E-state index in [1.165, 1.54) is 0 Å². The van der Waals surface area contributed by atoms with Crippen LogP contribution in [0, 0.1) is 23.7 Å². The highest BCUT2D eigenvalue weighted by molar-refractivity contribution is 5.85. The number of rotatable bonds is 5. The number of hydrogen-bond acceptors (Lipinski definition) is 9. The molecule has 10 atom stereocenters. The van der Waals surface area contributed by atoms with Gasteiger partial charge >= 0.3 is 5.97 Å². The highest BCUT2D eigenvalue weighted by atomic mass is 16.8. The molecular weight excluding hydrogens is 364 g/mol. The van der Waals surface area contributed by atoms with Gasteiger partial charge in [0.2, 0.25) is 0 Å². The van der Waals surface area contributed by atoms with Crippen LogP contribution in [0.4, 0.5) is 0 Å². The topological polar surface area (TPSA) is 163 Å². The molecule has 10 heteroatoms. The number of fused-ring (bicyclic) bond motifs is 1. The Balaban J connectivity index is 1.75. The van der Waals surface area contributed by atoms with Crippen LogP contribution in [0.2, 0.25) is 0 Å². The Labute approximate surface area is 155 Å². The maximum atomic E-state index is 12.4. The largest absolute Gasteiger partial charge is 0.481 e. The first-order chi connectivity index (χ1) is 12.7. The summed E-state index contributed by atoms with van der Waals surface area (Å²) in [5.74, 6) is -2.57. The van der Waals surface area contributed by atoms with E-state index in [0.717, 1.165) is 0 Å². The molecule has 2 aliphatic heterocycles. The number of carbonyl (C=O) groups is 2. The van der Waals surface area contributed by atoms with Crippen LogP contribution in [-0.4, -0.2) is 87.5 Å². The Morgan fingerprint density at radius 3 is 2.52 bits per heavy atom. The molecule has 0 aromatic heterocycles. The average molecular weight is 390 g/mol. The van der Waals surface area contributed by atoms with Crippen LogP contribution in [-0.2, 0) is 23.8 Å². The summed E-state index contributed by atoms with van der Waals surface area (Å²) >= 11 is 0. The molecule has 0 aromatic carbocycles. The molecule has 2 saturated heterocycles. The van der Waals surface area contributed by atoms with Gasteiger partial charge in [0.25, 0.3) is 0 Å². The molecule has 0 aromatic rings. The smallest absolute Gasteiger partial charge is 0.303 e. The first kappa shape index (κ1) is 20.6. The van der Waals surface area contributed by atoms with Gasteiger partial charge in [-0.3, -0.25) is 9.59 Å². The van der Waals surface area contributed by atoms with Crippen LogP contribution in [0.15, 0.2) is 0 Å². The van der Waals surface area contributed by atoms with E-state index < -0.39 is 67.3 Å². The second-order valence-electron chi connectivity index (χ2n) is 7.64. The third-order valence-electron chi connectivity index (χ3n) is 5.82. The maximum absolute atomic E-state index is 12.4. The van der Waals surface area contributed by atoms with Crippen LogP contribution in [0.5, 0.6) is 0 Å². The van der Waals surface area contributed by atoms with Gasteiger partial charge in [-0.05, 0) is 5.92 Å². The molecule has 1 aliphatic carbocycles. The Morgan fingerprint density at radius 1 is 1.19 bits per heavy atom. The molecule has 27 heavy (non-hydrogen) atoms. The van der Waals surface area contributed by atoms with Crippen molar-refractivity contribution in [2.45, 2.75) is 56.8 Å². The monoisotopic (exact) mass is 390 g/mol. The van der Waals surface area contributed by atoms with Crippen molar-refractivity contribution in [2.24, 2.45) is 23.7 Å². The van der Waals surface area contributed by atoms with E-state index in [-0.39, 0.29) is 31.1 Å². The number of hydrogen-bond donors (Lipinski definition) is 5. The number of aliphatic hydroxyl groups is 4. The number of carboxylic acids is 1. The number of Topliss-reactive ketones (excluding diaryl/α,β-unsaturated/α-hetero) is 1. The molecule has 3 rings (SSSR count). The number of aliphatic hydroxyl groups excluding tert-OH is 4. The molecule has 0 radical (unpaired) electrons. The number of ketones is 1. The molecule has 3 fully saturated rings. The standard InChI is InChI=1S/C17H26O10/c1-6-2-8(19)12-7(3-10(20)21)5-25-16(11(6)12)27-17-15(24)14(23)13(22)9(4-18)26-17/h6-7,9,11-18,22-24H,2-5H2,1H3,(H,20,21). The van der Waals surface area contributed by atoms with E-state index in [9.17, 15) is 30.0 Å².